The summed E-state index contributed by atoms with van der Waals surface area (Å²) >= 11 is 0. The summed E-state index contributed by atoms with van der Waals surface area (Å²) in [6, 6.07) is 6.07. The number of sulfone groups is 1. The van der Waals surface area contributed by atoms with Gasteiger partial charge in [-0.15, -0.1) is 0 Å². The molecule has 0 atom stereocenters. The number of carbonyl (C=O) groups is 1. The predicted molar refractivity (Wildman–Crippen MR) is 55.7 cm³/mol. The first-order valence-corrected chi connectivity index (χ1v) is 5.97. The third-order valence-electron chi connectivity index (χ3n) is 1.79. The fourth-order valence-corrected chi connectivity index (χ4v) is 2.43. The topological polar surface area (TPSA) is 60.4 Å². The van der Waals surface area contributed by atoms with Gasteiger partial charge in [0.05, 0.1) is 12.0 Å². The molecule has 0 aliphatic rings. The van der Waals surface area contributed by atoms with Crippen molar-refractivity contribution in [3.05, 3.63) is 24.3 Å². The highest BCUT2D eigenvalue weighted by molar-refractivity contribution is 7.92. The Morgan fingerprint density at radius 3 is 2.60 bits per heavy atom. The second-order valence-electron chi connectivity index (χ2n) is 3.14. The molecule has 0 saturated heterocycles. The maximum absolute atomic E-state index is 11.6. The van der Waals surface area contributed by atoms with E-state index in [9.17, 15) is 13.2 Å². The van der Waals surface area contributed by atoms with E-state index in [1.54, 1.807) is 12.1 Å². The molecule has 0 radical (unpaired) electrons. The minimum absolute atomic E-state index is 0.108. The van der Waals surface area contributed by atoms with E-state index in [0.717, 1.165) is 0 Å². The van der Waals surface area contributed by atoms with Gasteiger partial charge in [0.25, 0.3) is 0 Å². The highest BCUT2D eigenvalue weighted by Crippen LogP contribution is 2.18. The summed E-state index contributed by atoms with van der Waals surface area (Å²) < 4.78 is 28.2. The van der Waals surface area contributed by atoms with Crippen LogP contribution in [0.4, 0.5) is 0 Å². The van der Waals surface area contributed by atoms with Gasteiger partial charge < -0.3 is 4.74 Å². The van der Waals surface area contributed by atoms with Gasteiger partial charge in [0.15, 0.2) is 9.84 Å². The molecule has 15 heavy (non-hydrogen) atoms. The lowest BCUT2D eigenvalue weighted by atomic mass is 10.3. The monoisotopic (exact) mass is 228 g/mol. The Balaban J connectivity index is 3.10. The van der Waals surface area contributed by atoms with Gasteiger partial charge in [-0.05, 0) is 25.1 Å². The van der Waals surface area contributed by atoms with Crippen LogP contribution in [0.3, 0.4) is 0 Å². The number of carbonyl (C=O) groups excluding carboxylic acids is 1. The molecular formula is C10H12O4S. The zero-order valence-electron chi connectivity index (χ0n) is 8.56. The largest absolute Gasteiger partial charge is 0.497 e. The molecule has 0 heterocycles. The number of ketones is 1. The van der Waals surface area contributed by atoms with Crippen molar-refractivity contribution in [3.8, 4) is 5.75 Å². The van der Waals surface area contributed by atoms with Crippen molar-refractivity contribution >= 4 is 15.6 Å². The number of hydrogen-bond acceptors (Lipinski definition) is 4. The fraction of sp³-hybridized carbons (Fsp3) is 0.300. The molecule has 1 aromatic rings. The van der Waals surface area contributed by atoms with Gasteiger partial charge in [-0.3, -0.25) is 4.79 Å². The first-order chi connectivity index (χ1) is 6.95. The maximum atomic E-state index is 11.6. The smallest absolute Gasteiger partial charge is 0.185 e. The summed E-state index contributed by atoms with van der Waals surface area (Å²) in [5.41, 5.74) is 0. The number of ether oxygens (including phenoxy) is 1. The predicted octanol–water partition coefficient (Wildman–Crippen LogP) is 1.06. The zero-order valence-corrected chi connectivity index (χ0v) is 9.37. The molecule has 0 aliphatic heterocycles. The third kappa shape index (κ3) is 3.06. The Bertz CT molecular complexity index is 462. The van der Waals surface area contributed by atoms with E-state index in [-0.39, 0.29) is 10.7 Å². The van der Waals surface area contributed by atoms with Crippen LogP contribution in [-0.2, 0) is 14.6 Å². The maximum Gasteiger partial charge on any atom is 0.185 e. The van der Waals surface area contributed by atoms with Crippen LogP contribution in [0.2, 0.25) is 0 Å². The minimum Gasteiger partial charge on any atom is -0.497 e. The molecule has 82 valence electrons. The summed E-state index contributed by atoms with van der Waals surface area (Å²) in [5, 5.41) is 0. The average Bonchev–Trinajstić information content (AvgIpc) is 2.16. The van der Waals surface area contributed by atoms with Crippen molar-refractivity contribution in [3.63, 3.8) is 0 Å². The van der Waals surface area contributed by atoms with Gasteiger partial charge in [0, 0.05) is 0 Å². The second-order valence-corrected chi connectivity index (χ2v) is 5.13. The molecule has 0 saturated carbocycles. The van der Waals surface area contributed by atoms with Crippen molar-refractivity contribution < 1.29 is 17.9 Å². The number of hydrogen-bond donors (Lipinski definition) is 0. The number of methoxy groups -OCH3 is 1. The molecule has 1 aromatic carbocycles. The van der Waals surface area contributed by atoms with E-state index in [1.165, 1.54) is 26.2 Å². The first kappa shape index (κ1) is 11.7. The van der Waals surface area contributed by atoms with Gasteiger partial charge >= 0.3 is 0 Å². The van der Waals surface area contributed by atoms with Crippen molar-refractivity contribution in [2.75, 3.05) is 12.9 Å². The fourth-order valence-electron chi connectivity index (χ4n) is 1.15. The highest BCUT2D eigenvalue weighted by Gasteiger charge is 2.17. The molecule has 0 bridgehead atoms. The molecule has 0 aromatic heterocycles. The van der Waals surface area contributed by atoms with Gasteiger partial charge in [0.1, 0.15) is 17.3 Å². The van der Waals surface area contributed by atoms with E-state index in [2.05, 4.69) is 0 Å². The molecule has 4 nitrogen and oxygen atoms in total. The second kappa shape index (κ2) is 4.44. The lowest BCUT2D eigenvalue weighted by Crippen LogP contribution is -2.13. The van der Waals surface area contributed by atoms with Crippen molar-refractivity contribution in [2.45, 2.75) is 11.8 Å². The quantitative estimate of drug-likeness (QED) is 0.773. The lowest BCUT2D eigenvalue weighted by Gasteiger charge is -2.04. The Hall–Kier alpha value is -1.36. The van der Waals surface area contributed by atoms with E-state index in [1.807, 2.05) is 0 Å². The van der Waals surface area contributed by atoms with E-state index >= 15 is 0 Å². The highest BCUT2D eigenvalue weighted by atomic mass is 32.2. The molecule has 0 fully saturated rings. The van der Waals surface area contributed by atoms with Crippen LogP contribution in [0.15, 0.2) is 29.2 Å². The summed E-state index contributed by atoms with van der Waals surface area (Å²) in [6.45, 7) is 1.25. The van der Waals surface area contributed by atoms with Crippen LogP contribution in [-0.4, -0.2) is 27.1 Å². The molecule has 0 N–H and O–H groups in total. The molecule has 0 amide bonds. The number of rotatable bonds is 4. The summed E-state index contributed by atoms with van der Waals surface area (Å²) in [4.78, 5) is 10.9. The lowest BCUT2D eigenvalue weighted by molar-refractivity contribution is -0.114. The van der Waals surface area contributed by atoms with E-state index < -0.39 is 15.6 Å². The zero-order chi connectivity index (χ0) is 11.5. The Morgan fingerprint density at radius 2 is 2.07 bits per heavy atom. The molecular weight excluding hydrogens is 216 g/mol. The minimum atomic E-state index is -3.52. The van der Waals surface area contributed by atoms with Gasteiger partial charge in [-0.1, -0.05) is 6.07 Å². The van der Waals surface area contributed by atoms with Crippen LogP contribution in [0.25, 0.3) is 0 Å². The van der Waals surface area contributed by atoms with Gasteiger partial charge in [-0.25, -0.2) is 8.42 Å². The third-order valence-corrected chi connectivity index (χ3v) is 3.55. The Labute approximate surface area is 88.8 Å². The normalized spacial score (nSPS) is 11.1. The molecule has 5 heteroatoms. The number of benzene rings is 1. The standard InChI is InChI=1S/C10H12O4S/c1-8(11)7-15(12,13)10-5-3-4-9(6-10)14-2/h3-6H,7H2,1-2H3. The van der Waals surface area contributed by atoms with Crippen molar-refractivity contribution in [2.24, 2.45) is 0 Å². The molecule has 0 aliphatic carbocycles. The van der Waals surface area contributed by atoms with Gasteiger partial charge in [-0.2, -0.15) is 0 Å². The SMILES string of the molecule is COc1cccc(S(=O)(=O)CC(C)=O)c1. The van der Waals surface area contributed by atoms with Crippen LogP contribution in [0, 0.1) is 0 Å². The van der Waals surface area contributed by atoms with Crippen molar-refractivity contribution in [1.29, 1.82) is 0 Å². The summed E-state index contributed by atoms with van der Waals surface area (Å²) in [6.07, 6.45) is 0. The van der Waals surface area contributed by atoms with E-state index in [4.69, 9.17) is 4.74 Å². The number of Topliss-reactive ketones (excluding diaryl/α,β-unsaturated/α-hetero) is 1. The Kier molecular flexibility index (Phi) is 3.47. The van der Waals surface area contributed by atoms with Crippen LogP contribution < -0.4 is 4.74 Å². The van der Waals surface area contributed by atoms with Crippen LogP contribution in [0.1, 0.15) is 6.92 Å². The van der Waals surface area contributed by atoms with Gasteiger partial charge in [0.2, 0.25) is 0 Å². The Morgan fingerprint density at radius 1 is 1.40 bits per heavy atom. The molecule has 0 unspecified atom stereocenters. The van der Waals surface area contributed by atoms with Crippen LogP contribution in [0.5, 0.6) is 5.75 Å². The molecule has 0 spiro atoms. The summed E-state index contributed by atoms with van der Waals surface area (Å²) in [5.74, 6) is -0.391. The van der Waals surface area contributed by atoms with Crippen molar-refractivity contribution in [1.82, 2.24) is 0 Å². The molecule has 1 rings (SSSR count). The van der Waals surface area contributed by atoms with E-state index in [0.29, 0.717) is 5.75 Å². The summed E-state index contributed by atoms with van der Waals surface area (Å²) in [7, 11) is -2.07. The first-order valence-electron chi connectivity index (χ1n) is 4.32. The average molecular weight is 228 g/mol. The van der Waals surface area contributed by atoms with Crippen LogP contribution >= 0.6 is 0 Å².